The number of methoxy groups -OCH3 is 2. The van der Waals surface area contributed by atoms with E-state index < -0.39 is 0 Å². The van der Waals surface area contributed by atoms with Gasteiger partial charge in [0.25, 0.3) is 0 Å². The molecule has 172 valence electrons. The largest absolute Gasteiger partial charge is 0.497 e. The highest BCUT2D eigenvalue weighted by atomic mass is 127. The molecule has 0 bridgehead atoms. The molecule has 0 amide bonds. The monoisotopic (exact) mass is 533 g/mol. The zero-order valence-electron chi connectivity index (χ0n) is 19.2. The van der Waals surface area contributed by atoms with Gasteiger partial charge < -0.3 is 25.0 Å². The number of benzene rings is 1. The Kier molecular flexibility index (Phi) is 13.1. The summed E-state index contributed by atoms with van der Waals surface area (Å²) >= 11 is 0. The number of nitrogens with zero attached hydrogens (tertiary/aromatic N) is 3. The van der Waals surface area contributed by atoms with Gasteiger partial charge in [0, 0.05) is 44.8 Å². The summed E-state index contributed by atoms with van der Waals surface area (Å²) < 4.78 is 10.8. The molecule has 7 nitrogen and oxygen atoms in total. The van der Waals surface area contributed by atoms with Crippen molar-refractivity contribution in [2.45, 2.75) is 39.8 Å². The van der Waals surface area contributed by atoms with Crippen LogP contribution in [0.4, 0.5) is 0 Å². The Morgan fingerprint density at radius 1 is 1.13 bits per heavy atom. The lowest BCUT2D eigenvalue weighted by Crippen LogP contribution is -2.45. The molecule has 30 heavy (non-hydrogen) atoms. The third-order valence-electron chi connectivity index (χ3n) is 5.36. The third kappa shape index (κ3) is 8.85. The maximum atomic E-state index is 5.39. The summed E-state index contributed by atoms with van der Waals surface area (Å²) in [6, 6.07) is 6.49. The first-order valence-corrected chi connectivity index (χ1v) is 10.8. The van der Waals surface area contributed by atoms with Crippen molar-refractivity contribution in [2.75, 3.05) is 60.0 Å². The molecule has 0 radical (unpaired) electrons. The van der Waals surface area contributed by atoms with E-state index in [1.165, 1.54) is 5.56 Å². The van der Waals surface area contributed by atoms with Crippen molar-refractivity contribution >= 4 is 29.9 Å². The zero-order chi connectivity index (χ0) is 21.1. The molecule has 1 heterocycles. The van der Waals surface area contributed by atoms with Gasteiger partial charge in [0.1, 0.15) is 11.5 Å². The van der Waals surface area contributed by atoms with Gasteiger partial charge in [0.2, 0.25) is 0 Å². The quantitative estimate of drug-likeness (QED) is 0.259. The smallest absolute Gasteiger partial charge is 0.191 e. The second-order valence-electron chi connectivity index (χ2n) is 7.37. The molecule has 2 N–H and O–H groups in total. The van der Waals surface area contributed by atoms with E-state index in [9.17, 15) is 0 Å². The molecule has 8 heteroatoms. The maximum Gasteiger partial charge on any atom is 0.191 e. The highest BCUT2D eigenvalue weighted by molar-refractivity contribution is 14.0. The molecule has 1 atom stereocenters. The van der Waals surface area contributed by atoms with E-state index in [0.29, 0.717) is 6.04 Å². The Labute approximate surface area is 199 Å². The zero-order valence-corrected chi connectivity index (χ0v) is 21.6. The Morgan fingerprint density at radius 2 is 1.80 bits per heavy atom. The first kappa shape index (κ1) is 26.8. The minimum atomic E-state index is 0. The lowest BCUT2D eigenvalue weighted by molar-refractivity contribution is 0.312. The minimum Gasteiger partial charge on any atom is -0.497 e. The van der Waals surface area contributed by atoms with E-state index in [4.69, 9.17) is 14.5 Å². The van der Waals surface area contributed by atoms with Crippen LogP contribution in [0.15, 0.2) is 23.2 Å². The van der Waals surface area contributed by atoms with Crippen molar-refractivity contribution in [2.24, 2.45) is 4.99 Å². The number of aliphatic imine (C=N–C) groups is 1. The minimum absolute atomic E-state index is 0. The van der Waals surface area contributed by atoms with Crippen LogP contribution in [0.25, 0.3) is 0 Å². The summed E-state index contributed by atoms with van der Waals surface area (Å²) in [4.78, 5) is 9.63. The van der Waals surface area contributed by atoms with Crippen LogP contribution in [-0.4, -0.2) is 81.8 Å². The molecule has 1 unspecified atom stereocenters. The average molecular weight is 533 g/mol. The summed E-state index contributed by atoms with van der Waals surface area (Å²) in [7, 11) is 3.38. The van der Waals surface area contributed by atoms with Crippen molar-refractivity contribution in [3.63, 3.8) is 0 Å². The van der Waals surface area contributed by atoms with Crippen molar-refractivity contribution in [1.29, 1.82) is 0 Å². The number of rotatable bonds is 11. The summed E-state index contributed by atoms with van der Waals surface area (Å²) in [5.41, 5.74) is 1.21. The molecule has 1 saturated heterocycles. The summed E-state index contributed by atoms with van der Waals surface area (Å²) in [5.74, 6) is 2.60. The van der Waals surface area contributed by atoms with Crippen LogP contribution in [0.5, 0.6) is 11.5 Å². The van der Waals surface area contributed by atoms with Gasteiger partial charge in [-0.2, -0.15) is 0 Å². The van der Waals surface area contributed by atoms with E-state index in [2.05, 4.69) is 53.3 Å². The molecule has 0 spiro atoms. The van der Waals surface area contributed by atoms with Crippen LogP contribution in [0, 0.1) is 0 Å². The summed E-state index contributed by atoms with van der Waals surface area (Å²) in [6.07, 6.45) is 1.11. The van der Waals surface area contributed by atoms with Gasteiger partial charge in [-0.25, -0.2) is 0 Å². The van der Waals surface area contributed by atoms with Gasteiger partial charge in [0.05, 0.1) is 20.8 Å². The van der Waals surface area contributed by atoms with Crippen LogP contribution in [0.3, 0.4) is 0 Å². The third-order valence-corrected chi connectivity index (χ3v) is 5.36. The van der Waals surface area contributed by atoms with Gasteiger partial charge in [-0.15, -0.1) is 24.0 Å². The van der Waals surface area contributed by atoms with Gasteiger partial charge in [-0.05, 0) is 44.1 Å². The fourth-order valence-corrected chi connectivity index (χ4v) is 3.67. The second-order valence-corrected chi connectivity index (χ2v) is 7.37. The first-order valence-electron chi connectivity index (χ1n) is 10.8. The Balaban J connectivity index is 0.00000450. The predicted octanol–water partition coefficient (Wildman–Crippen LogP) is 2.79. The van der Waals surface area contributed by atoms with Crippen LogP contribution in [0.1, 0.15) is 32.8 Å². The van der Waals surface area contributed by atoms with Crippen LogP contribution >= 0.6 is 24.0 Å². The molecule has 0 saturated carbocycles. The highest BCUT2D eigenvalue weighted by Gasteiger charge is 2.23. The lowest BCUT2D eigenvalue weighted by atomic mass is 10.2. The predicted molar refractivity (Wildman–Crippen MR) is 136 cm³/mol. The number of hydrogen-bond acceptors (Lipinski definition) is 5. The molecule has 2 rings (SSSR count). The Morgan fingerprint density at radius 3 is 2.37 bits per heavy atom. The Bertz CT molecular complexity index is 618. The van der Waals surface area contributed by atoms with E-state index in [1.54, 1.807) is 14.2 Å². The number of halogens is 1. The van der Waals surface area contributed by atoms with Crippen molar-refractivity contribution in [3.05, 3.63) is 23.8 Å². The van der Waals surface area contributed by atoms with E-state index >= 15 is 0 Å². The van der Waals surface area contributed by atoms with Crippen LogP contribution in [-0.2, 0) is 6.54 Å². The topological polar surface area (TPSA) is 61.4 Å². The normalized spacial score (nSPS) is 17.0. The second kappa shape index (κ2) is 14.7. The summed E-state index contributed by atoms with van der Waals surface area (Å²) in [6.45, 7) is 14.3. The molecule has 0 aliphatic carbocycles. The molecule has 1 aromatic carbocycles. The highest BCUT2D eigenvalue weighted by Crippen LogP contribution is 2.24. The van der Waals surface area contributed by atoms with Crippen molar-refractivity contribution < 1.29 is 9.47 Å². The number of hydrogen-bond donors (Lipinski definition) is 2. The van der Waals surface area contributed by atoms with Gasteiger partial charge >= 0.3 is 0 Å². The number of ether oxygens (including phenoxy) is 2. The number of guanidine groups is 1. The van der Waals surface area contributed by atoms with E-state index in [1.807, 2.05) is 6.07 Å². The van der Waals surface area contributed by atoms with E-state index in [-0.39, 0.29) is 24.0 Å². The Hall–Kier alpha value is -1.26. The fraction of sp³-hybridized carbons (Fsp3) is 0.682. The number of likely N-dealkylation sites (tertiary alicyclic amines) is 1. The van der Waals surface area contributed by atoms with Gasteiger partial charge in [0.15, 0.2) is 5.96 Å². The maximum absolute atomic E-state index is 5.39. The standard InChI is InChI=1S/C22H39N5O2.HI/c1-6-23-22(24-10-12-26(7-2)8-3)25-19-9-11-27(17-19)16-18-13-20(28-4)15-21(14-18)29-5;/h13-15,19H,6-12,16-17H2,1-5H3,(H2,23,24,25);1H. The first-order chi connectivity index (χ1) is 14.1. The molecular formula is C22H40IN5O2. The molecule has 0 aromatic heterocycles. The number of likely N-dealkylation sites (N-methyl/N-ethyl adjacent to an activating group) is 1. The SMILES string of the molecule is CCNC(=NCCN(CC)CC)NC1CCN(Cc2cc(OC)cc(OC)c2)C1.I. The molecule has 1 fully saturated rings. The average Bonchev–Trinajstić information content (AvgIpc) is 3.17. The fourth-order valence-electron chi connectivity index (χ4n) is 3.67. The number of nitrogens with one attached hydrogen (secondary N) is 2. The van der Waals surface area contributed by atoms with Crippen molar-refractivity contribution in [3.8, 4) is 11.5 Å². The summed E-state index contributed by atoms with van der Waals surface area (Å²) in [5, 5.41) is 7.00. The van der Waals surface area contributed by atoms with Crippen LogP contribution in [0.2, 0.25) is 0 Å². The van der Waals surface area contributed by atoms with Crippen LogP contribution < -0.4 is 20.1 Å². The van der Waals surface area contributed by atoms with Gasteiger partial charge in [-0.3, -0.25) is 9.89 Å². The lowest BCUT2D eigenvalue weighted by Gasteiger charge is -2.20. The van der Waals surface area contributed by atoms with Gasteiger partial charge in [-0.1, -0.05) is 13.8 Å². The molecule has 1 aliphatic heterocycles. The molecule has 1 aromatic rings. The molecular weight excluding hydrogens is 493 g/mol. The molecule has 1 aliphatic rings. The van der Waals surface area contributed by atoms with Crippen molar-refractivity contribution in [1.82, 2.24) is 20.4 Å². The van der Waals surface area contributed by atoms with E-state index in [0.717, 1.165) is 76.2 Å².